The number of carbonyl (C=O) groups excluding carboxylic acids is 1. The number of benzene rings is 1. The van der Waals surface area contributed by atoms with E-state index in [0.29, 0.717) is 24.6 Å². The summed E-state index contributed by atoms with van der Waals surface area (Å²) in [5.41, 5.74) is 1.95. The highest BCUT2D eigenvalue weighted by Gasteiger charge is 2.30. The number of hydrogen-bond acceptors (Lipinski definition) is 2. The first-order valence-corrected chi connectivity index (χ1v) is 5.90. The maximum Gasteiger partial charge on any atom is 0.253 e. The zero-order valence-electron chi connectivity index (χ0n) is 10.2. The fraction of sp³-hybridized carbons (Fsp3) is 0.429. The van der Waals surface area contributed by atoms with Crippen molar-refractivity contribution in [3.8, 4) is 6.07 Å². The maximum atomic E-state index is 12.0. The van der Waals surface area contributed by atoms with Gasteiger partial charge in [-0.25, -0.2) is 0 Å². The van der Waals surface area contributed by atoms with Crippen molar-refractivity contribution in [2.45, 2.75) is 19.8 Å². The normalized spacial score (nSPS) is 15.5. The molecule has 0 N–H and O–H groups in total. The summed E-state index contributed by atoms with van der Waals surface area (Å²) in [6.45, 7) is 5.40. The molecule has 0 aromatic heterocycles. The molecule has 0 saturated carbocycles. The van der Waals surface area contributed by atoms with Gasteiger partial charge >= 0.3 is 0 Å². The quantitative estimate of drug-likeness (QED) is 0.780. The second-order valence-electron chi connectivity index (χ2n) is 4.81. The van der Waals surface area contributed by atoms with Crippen molar-refractivity contribution in [1.82, 2.24) is 4.90 Å². The molecular formula is C14H16N2O. The van der Waals surface area contributed by atoms with Gasteiger partial charge in [0.05, 0.1) is 12.0 Å². The molecule has 0 aliphatic carbocycles. The van der Waals surface area contributed by atoms with E-state index in [1.165, 1.54) is 5.56 Å². The lowest BCUT2D eigenvalue weighted by atomic mass is 9.98. The molecular weight excluding hydrogens is 212 g/mol. The Kier molecular flexibility index (Phi) is 3.14. The monoisotopic (exact) mass is 228 g/mol. The van der Waals surface area contributed by atoms with Crippen LogP contribution in [0.25, 0.3) is 0 Å². The Labute approximate surface area is 102 Å². The van der Waals surface area contributed by atoms with Gasteiger partial charge in [-0.15, -0.1) is 0 Å². The third-order valence-corrected chi connectivity index (χ3v) is 3.18. The van der Waals surface area contributed by atoms with Gasteiger partial charge in [0.2, 0.25) is 0 Å². The van der Waals surface area contributed by atoms with Crippen molar-refractivity contribution in [2.24, 2.45) is 5.92 Å². The summed E-state index contributed by atoms with van der Waals surface area (Å²) in [7, 11) is 0. The first-order valence-electron chi connectivity index (χ1n) is 5.90. The van der Waals surface area contributed by atoms with E-state index in [0.717, 1.165) is 0 Å². The lowest BCUT2D eigenvalue weighted by molar-refractivity contribution is 0.0577. The SMILES string of the molecule is CC(C)c1ccc(C(=O)N2CC(C#N)C2)cc1. The van der Waals surface area contributed by atoms with Crippen LogP contribution in [0.5, 0.6) is 0 Å². The maximum absolute atomic E-state index is 12.0. The fourth-order valence-electron chi connectivity index (χ4n) is 1.92. The van der Waals surface area contributed by atoms with Crippen molar-refractivity contribution in [3.05, 3.63) is 35.4 Å². The van der Waals surface area contributed by atoms with E-state index in [1.54, 1.807) is 4.90 Å². The molecule has 1 fully saturated rings. The molecule has 1 aliphatic heterocycles. The summed E-state index contributed by atoms with van der Waals surface area (Å²) in [5, 5.41) is 8.67. The summed E-state index contributed by atoms with van der Waals surface area (Å²) in [6, 6.07) is 9.91. The average Bonchev–Trinajstić information content (AvgIpc) is 2.27. The van der Waals surface area contributed by atoms with Crippen LogP contribution >= 0.6 is 0 Å². The summed E-state index contributed by atoms with van der Waals surface area (Å²) < 4.78 is 0. The molecule has 0 bridgehead atoms. The van der Waals surface area contributed by atoms with Crippen LogP contribution in [0.4, 0.5) is 0 Å². The van der Waals surface area contributed by atoms with E-state index in [4.69, 9.17) is 5.26 Å². The van der Waals surface area contributed by atoms with Crippen LogP contribution < -0.4 is 0 Å². The second-order valence-corrected chi connectivity index (χ2v) is 4.81. The number of hydrogen-bond donors (Lipinski definition) is 0. The largest absolute Gasteiger partial charge is 0.336 e. The Bertz CT molecular complexity index is 450. The molecule has 1 aromatic rings. The third kappa shape index (κ3) is 2.31. The van der Waals surface area contributed by atoms with Crippen molar-refractivity contribution >= 4 is 5.91 Å². The predicted molar refractivity (Wildman–Crippen MR) is 65.5 cm³/mol. The van der Waals surface area contributed by atoms with Crippen LogP contribution in [0.1, 0.15) is 35.7 Å². The molecule has 88 valence electrons. The minimum atomic E-state index is 0.0221. The predicted octanol–water partition coefficient (Wildman–Crippen LogP) is 2.41. The molecule has 17 heavy (non-hydrogen) atoms. The lowest BCUT2D eigenvalue weighted by Crippen LogP contribution is -2.49. The van der Waals surface area contributed by atoms with E-state index in [9.17, 15) is 4.79 Å². The van der Waals surface area contributed by atoms with Gasteiger partial charge in [0.25, 0.3) is 5.91 Å². The molecule has 3 heteroatoms. The summed E-state index contributed by atoms with van der Waals surface area (Å²) in [6.07, 6.45) is 0. The first kappa shape index (κ1) is 11.7. The van der Waals surface area contributed by atoms with Crippen molar-refractivity contribution in [1.29, 1.82) is 5.26 Å². The van der Waals surface area contributed by atoms with Crippen LogP contribution in [-0.4, -0.2) is 23.9 Å². The van der Waals surface area contributed by atoms with Crippen molar-refractivity contribution in [3.63, 3.8) is 0 Å². The molecule has 0 atom stereocenters. The lowest BCUT2D eigenvalue weighted by Gasteiger charge is -2.35. The van der Waals surface area contributed by atoms with E-state index in [-0.39, 0.29) is 11.8 Å². The number of likely N-dealkylation sites (tertiary alicyclic amines) is 1. The standard InChI is InChI=1S/C14H16N2O/c1-10(2)12-3-5-13(6-4-12)14(17)16-8-11(7-15)9-16/h3-6,10-11H,8-9H2,1-2H3. The van der Waals surface area contributed by atoms with Crippen molar-refractivity contribution in [2.75, 3.05) is 13.1 Å². The highest BCUT2D eigenvalue weighted by Crippen LogP contribution is 2.20. The van der Waals surface area contributed by atoms with Gasteiger partial charge < -0.3 is 4.90 Å². The zero-order valence-corrected chi connectivity index (χ0v) is 10.2. The summed E-state index contributed by atoms with van der Waals surface area (Å²) in [4.78, 5) is 13.7. The molecule has 0 unspecified atom stereocenters. The van der Waals surface area contributed by atoms with Gasteiger partial charge in [-0.3, -0.25) is 4.79 Å². The van der Waals surface area contributed by atoms with Crippen LogP contribution in [0, 0.1) is 17.2 Å². The third-order valence-electron chi connectivity index (χ3n) is 3.18. The smallest absolute Gasteiger partial charge is 0.253 e. The Hall–Kier alpha value is -1.82. The molecule has 1 amide bonds. The molecule has 1 aromatic carbocycles. The molecule has 3 nitrogen and oxygen atoms in total. The van der Waals surface area contributed by atoms with Gasteiger partial charge in [0, 0.05) is 18.7 Å². The zero-order chi connectivity index (χ0) is 12.4. The van der Waals surface area contributed by atoms with E-state index >= 15 is 0 Å². The number of rotatable bonds is 2. The van der Waals surface area contributed by atoms with E-state index in [1.807, 2.05) is 24.3 Å². The summed E-state index contributed by atoms with van der Waals surface area (Å²) >= 11 is 0. The molecule has 2 rings (SSSR count). The number of nitrogens with zero attached hydrogens (tertiary/aromatic N) is 2. The van der Waals surface area contributed by atoms with Gasteiger partial charge in [-0.1, -0.05) is 26.0 Å². The second kappa shape index (κ2) is 4.58. The minimum Gasteiger partial charge on any atom is -0.336 e. The first-order chi connectivity index (χ1) is 8.11. The average molecular weight is 228 g/mol. The highest BCUT2D eigenvalue weighted by atomic mass is 16.2. The molecule has 1 heterocycles. The Balaban J connectivity index is 2.04. The highest BCUT2D eigenvalue weighted by molar-refractivity contribution is 5.94. The van der Waals surface area contributed by atoms with Crippen LogP contribution in [0.2, 0.25) is 0 Å². The Morgan fingerprint density at radius 1 is 1.35 bits per heavy atom. The number of amides is 1. The molecule has 0 spiro atoms. The summed E-state index contributed by atoms with van der Waals surface area (Å²) in [5.74, 6) is 0.534. The van der Waals surface area contributed by atoms with Crippen LogP contribution in [0.3, 0.4) is 0 Å². The fourth-order valence-corrected chi connectivity index (χ4v) is 1.92. The Morgan fingerprint density at radius 3 is 2.41 bits per heavy atom. The van der Waals surface area contributed by atoms with Crippen LogP contribution in [-0.2, 0) is 0 Å². The van der Waals surface area contributed by atoms with Gasteiger partial charge in [-0.2, -0.15) is 5.26 Å². The van der Waals surface area contributed by atoms with Gasteiger partial charge in [0.1, 0.15) is 0 Å². The van der Waals surface area contributed by atoms with E-state index in [2.05, 4.69) is 19.9 Å². The topological polar surface area (TPSA) is 44.1 Å². The number of carbonyl (C=O) groups is 1. The van der Waals surface area contributed by atoms with Gasteiger partial charge in [-0.05, 0) is 23.6 Å². The van der Waals surface area contributed by atoms with Crippen LogP contribution in [0.15, 0.2) is 24.3 Å². The minimum absolute atomic E-state index is 0.0221. The molecule has 0 radical (unpaired) electrons. The van der Waals surface area contributed by atoms with Gasteiger partial charge in [0.15, 0.2) is 0 Å². The molecule has 1 saturated heterocycles. The number of nitriles is 1. The molecule has 1 aliphatic rings. The Morgan fingerprint density at radius 2 is 1.94 bits per heavy atom. The van der Waals surface area contributed by atoms with E-state index < -0.39 is 0 Å². The van der Waals surface area contributed by atoms with Crippen molar-refractivity contribution < 1.29 is 4.79 Å².